The van der Waals surface area contributed by atoms with E-state index < -0.39 is 0 Å². The maximum Gasteiger partial charge on any atom is 0.241 e. The van der Waals surface area contributed by atoms with E-state index in [1.165, 1.54) is 24.3 Å². The second-order valence-electron chi connectivity index (χ2n) is 7.09. The zero-order valence-corrected chi connectivity index (χ0v) is 15.6. The fourth-order valence-electron chi connectivity index (χ4n) is 3.45. The Hall–Kier alpha value is -3.13. The molecule has 1 aliphatic heterocycles. The first-order chi connectivity index (χ1) is 14.1. The lowest BCUT2D eigenvalue weighted by atomic mass is 9.97. The number of nitrogens with zero attached hydrogens (tertiary/aromatic N) is 3. The van der Waals surface area contributed by atoms with Crippen molar-refractivity contribution in [2.75, 3.05) is 18.4 Å². The maximum atomic E-state index is 13.3. The molecule has 1 aliphatic rings. The molecule has 1 aromatic heterocycles. The number of amides is 1. The highest BCUT2D eigenvalue weighted by molar-refractivity contribution is 5.92. The van der Waals surface area contributed by atoms with Crippen LogP contribution in [-0.2, 0) is 11.3 Å². The van der Waals surface area contributed by atoms with E-state index in [0.717, 1.165) is 19.4 Å². The lowest BCUT2D eigenvalue weighted by Crippen LogP contribution is -2.40. The van der Waals surface area contributed by atoms with Crippen molar-refractivity contribution >= 4 is 11.6 Å². The molecule has 0 saturated carbocycles. The molecule has 0 bridgehead atoms. The van der Waals surface area contributed by atoms with Gasteiger partial charge in [0.15, 0.2) is 0 Å². The van der Waals surface area contributed by atoms with Crippen molar-refractivity contribution in [3.63, 3.8) is 0 Å². The number of anilines is 1. The number of aromatic nitrogens is 2. The van der Waals surface area contributed by atoms with Gasteiger partial charge in [0.2, 0.25) is 17.6 Å². The standard InChI is InChI=1S/C21H20F2N4O2/c22-16-8-6-14(7-9-16)20-25-19(29-26-20)13-27-10-2-3-15(12-27)21(28)24-18-5-1-4-17(23)11-18/h1,4-9,11,15H,2-3,10,12-13H2,(H,24,28). The Balaban J connectivity index is 1.36. The monoisotopic (exact) mass is 398 g/mol. The Morgan fingerprint density at radius 3 is 2.79 bits per heavy atom. The van der Waals surface area contributed by atoms with E-state index in [1.54, 1.807) is 24.3 Å². The van der Waals surface area contributed by atoms with Gasteiger partial charge in [0.25, 0.3) is 0 Å². The van der Waals surface area contributed by atoms with E-state index >= 15 is 0 Å². The van der Waals surface area contributed by atoms with E-state index in [9.17, 15) is 13.6 Å². The van der Waals surface area contributed by atoms with Gasteiger partial charge in [0.05, 0.1) is 12.5 Å². The number of benzene rings is 2. The minimum atomic E-state index is -0.388. The summed E-state index contributed by atoms with van der Waals surface area (Å²) in [6.07, 6.45) is 1.63. The second-order valence-corrected chi connectivity index (χ2v) is 7.09. The van der Waals surface area contributed by atoms with Crippen molar-refractivity contribution < 1.29 is 18.1 Å². The topological polar surface area (TPSA) is 71.3 Å². The third kappa shape index (κ3) is 4.83. The summed E-state index contributed by atoms with van der Waals surface area (Å²) in [6.45, 7) is 1.80. The van der Waals surface area contributed by atoms with Crippen LogP contribution in [0.3, 0.4) is 0 Å². The Bertz CT molecular complexity index is 990. The molecule has 1 atom stereocenters. The van der Waals surface area contributed by atoms with Crippen LogP contribution in [-0.4, -0.2) is 34.0 Å². The molecule has 2 aromatic carbocycles. The molecule has 2 heterocycles. The highest BCUT2D eigenvalue weighted by Gasteiger charge is 2.27. The van der Waals surface area contributed by atoms with Gasteiger partial charge in [-0.2, -0.15) is 4.98 Å². The molecule has 0 spiro atoms. The van der Waals surface area contributed by atoms with Crippen molar-refractivity contribution in [3.05, 3.63) is 66.1 Å². The average Bonchev–Trinajstić information content (AvgIpc) is 3.17. The molecule has 0 radical (unpaired) electrons. The highest BCUT2D eigenvalue weighted by Crippen LogP contribution is 2.22. The summed E-state index contributed by atoms with van der Waals surface area (Å²) in [5, 5.41) is 6.73. The number of halogens is 2. The predicted molar refractivity (Wildman–Crippen MR) is 103 cm³/mol. The number of piperidine rings is 1. The van der Waals surface area contributed by atoms with Gasteiger partial charge >= 0.3 is 0 Å². The molecule has 1 fully saturated rings. The number of carbonyl (C=O) groups excluding carboxylic acids is 1. The summed E-state index contributed by atoms with van der Waals surface area (Å²) < 4.78 is 31.7. The van der Waals surface area contributed by atoms with Crippen molar-refractivity contribution in [2.45, 2.75) is 19.4 Å². The molecule has 1 amide bonds. The van der Waals surface area contributed by atoms with Gasteiger partial charge in [0, 0.05) is 17.8 Å². The molecule has 1 saturated heterocycles. The first-order valence-electron chi connectivity index (χ1n) is 9.44. The summed E-state index contributed by atoms with van der Waals surface area (Å²) in [5.74, 6) is -0.202. The minimum absolute atomic E-state index is 0.127. The van der Waals surface area contributed by atoms with Crippen molar-refractivity contribution in [2.24, 2.45) is 5.92 Å². The van der Waals surface area contributed by atoms with Crippen molar-refractivity contribution in [1.82, 2.24) is 15.0 Å². The van der Waals surface area contributed by atoms with E-state index in [4.69, 9.17) is 4.52 Å². The zero-order valence-electron chi connectivity index (χ0n) is 15.6. The number of carbonyl (C=O) groups is 1. The lowest BCUT2D eigenvalue weighted by Gasteiger charge is -2.30. The molecule has 6 nitrogen and oxygen atoms in total. The van der Waals surface area contributed by atoms with Crippen LogP contribution in [0.4, 0.5) is 14.5 Å². The van der Waals surface area contributed by atoms with Gasteiger partial charge < -0.3 is 9.84 Å². The van der Waals surface area contributed by atoms with Gasteiger partial charge in [-0.3, -0.25) is 9.69 Å². The summed E-state index contributed by atoms with van der Waals surface area (Å²) in [4.78, 5) is 19.0. The Morgan fingerprint density at radius 1 is 1.17 bits per heavy atom. The van der Waals surface area contributed by atoms with Gasteiger partial charge in [-0.25, -0.2) is 8.78 Å². The Labute approximate surface area is 166 Å². The number of likely N-dealkylation sites (tertiary alicyclic amines) is 1. The summed E-state index contributed by atoms with van der Waals surface area (Å²) in [7, 11) is 0. The van der Waals surface area contributed by atoms with Gasteiger partial charge in [-0.05, 0) is 61.9 Å². The van der Waals surface area contributed by atoms with Crippen LogP contribution in [0.1, 0.15) is 18.7 Å². The second kappa shape index (κ2) is 8.48. The molecule has 1 unspecified atom stereocenters. The molecule has 8 heteroatoms. The summed E-state index contributed by atoms with van der Waals surface area (Å²) in [5.41, 5.74) is 1.13. The number of hydrogen-bond donors (Lipinski definition) is 1. The van der Waals surface area contributed by atoms with E-state index in [1.807, 2.05) is 0 Å². The smallest absolute Gasteiger partial charge is 0.241 e. The maximum absolute atomic E-state index is 13.3. The van der Waals surface area contributed by atoms with Crippen LogP contribution in [0.5, 0.6) is 0 Å². The summed E-state index contributed by atoms with van der Waals surface area (Å²) in [6, 6.07) is 11.7. The number of hydrogen-bond acceptors (Lipinski definition) is 5. The zero-order chi connectivity index (χ0) is 20.2. The molecule has 150 valence electrons. The third-order valence-corrected chi connectivity index (χ3v) is 4.90. The van der Waals surface area contributed by atoms with E-state index in [-0.39, 0.29) is 23.5 Å². The third-order valence-electron chi connectivity index (χ3n) is 4.90. The quantitative estimate of drug-likeness (QED) is 0.707. The van der Waals surface area contributed by atoms with Crippen LogP contribution >= 0.6 is 0 Å². The van der Waals surface area contributed by atoms with Gasteiger partial charge in [0.1, 0.15) is 11.6 Å². The Kier molecular flexibility index (Phi) is 5.62. The highest BCUT2D eigenvalue weighted by atomic mass is 19.1. The van der Waals surface area contributed by atoms with Crippen LogP contribution in [0.2, 0.25) is 0 Å². The molecular formula is C21H20F2N4O2. The SMILES string of the molecule is O=C(Nc1cccc(F)c1)C1CCCN(Cc2nc(-c3ccc(F)cc3)no2)C1. The largest absolute Gasteiger partial charge is 0.338 e. The predicted octanol–water partition coefficient (Wildman–Crippen LogP) is 3.87. The molecule has 1 N–H and O–H groups in total. The fourth-order valence-corrected chi connectivity index (χ4v) is 3.45. The first-order valence-corrected chi connectivity index (χ1v) is 9.44. The molecule has 0 aliphatic carbocycles. The van der Waals surface area contributed by atoms with Crippen LogP contribution in [0.25, 0.3) is 11.4 Å². The average molecular weight is 398 g/mol. The van der Waals surface area contributed by atoms with Gasteiger partial charge in [-0.15, -0.1) is 0 Å². The van der Waals surface area contributed by atoms with Crippen molar-refractivity contribution in [1.29, 1.82) is 0 Å². The lowest BCUT2D eigenvalue weighted by molar-refractivity contribution is -0.121. The van der Waals surface area contributed by atoms with Crippen LogP contribution in [0, 0.1) is 17.6 Å². The molecule has 4 rings (SSSR count). The van der Waals surface area contributed by atoms with E-state index in [0.29, 0.717) is 36.1 Å². The molecule has 29 heavy (non-hydrogen) atoms. The fraction of sp³-hybridized carbons (Fsp3) is 0.286. The van der Waals surface area contributed by atoms with Crippen LogP contribution < -0.4 is 5.32 Å². The normalized spacial score (nSPS) is 17.2. The first kappa shape index (κ1) is 19.2. The van der Waals surface area contributed by atoms with E-state index in [2.05, 4.69) is 20.4 Å². The molecule has 3 aromatic rings. The van der Waals surface area contributed by atoms with Crippen LogP contribution in [0.15, 0.2) is 53.1 Å². The number of rotatable bonds is 5. The summed E-state index contributed by atoms with van der Waals surface area (Å²) >= 11 is 0. The van der Waals surface area contributed by atoms with Crippen molar-refractivity contribution in [3.8, 4) is 11.4 Å². The Morgan fingerprint density at radius 2 is 2.00 bits per heavy atom. The van der Waals surface area contributed by atoms with Gasteiger partial charge in [-0.1, -0.05) is 11.2 Å². The minimum Gasteiger partial charge on any atom is -0.338 e. The molecular weight excluding hydrogens is 378 g/mol. The number of nitrogens with one attached hydrogen (secondary N) is 1.